The molecule has 0 unspecified atom stereocenters. The second-order valence-corrected chi connectivity index (χ2v) is 7.74. The Morgan fingerprint density at radius 1 is 0.846 bits per heavy atom. The number of aryl methyl sites for hydroxylation is 1. The number of aromatic nitrogens is 1. The quantitative estimate of drug-likeness (QED) is 0.388. The van der Waals surface area contributed by atoms with Crippen molar-refractivity contribution in [1.82, 2.24) is 4.57 Å². The van der Waals surface area contributed by atoms with Crippen molar-refractivity contribution >= 4 is 27.9 Å². The summed E-state index contributed by atoms with van der Waals surface area (Å²) in [6.07, 6.45) is 3.51. The van der Waals surface area contributed by atoms with E-state index in [1.165, 1.54) is 44.1 Å². The van der Waals surface area contributed by atoms with Crippen molar-refractivity contribution < 1.29 is 0 Å². The number of benzene rings is 3. The molecule has 0 saturated carbocycles. The van der Waals surface area contributed by atoms with Crippen LogP contribution in [0.25, 0.3) is 39.0 Å². The monoisotopic (exact) mass is 337 g/mol. The van der Waals surface area contributed by atoms with Gasteiger partial charge in [0.15, 0.2) is 0 Å². The van der Waals surface area contributed by atoms with Gasteiger partial charge < -0.3 is 4.57 Å². The number of allylic oxidation sites excluding steroid dienone is 1. The van der Waals surface area contributed by atoms with Crippen LogP contribution in [0.5, 0.6) is 0 Å². The van der Waals surface area contributed by atoms with Gasteiger partial charge >= 0.3 is 0 Å². The Morgan fingerprint density at radius 3 is 2.50 bits per heavy atom. The molecule has 1 aliphatic rings. The summed E-state index contributed by atoms with van der Waals surface area (Å²) in [4.78, 5) is 0. The Kier molecular flexibility index (Phi) is 3.33. The van der Waals surface area contributed by atoms with Crippen LogP contribution in [0.3, 0.4) is 0 Å². The van der Waals surface area contributed by atoms with E-state index in [0.717, 1.165) is 6.42 Å². The molecule has 0 fully saturated rings. The number of fused-ring (bicyclic) bond motifs is 4. The second-order valence-electron chi connectivity index (χ2n) is 7.74. The summed E-state index contributed by atoms with van der Waals surface area (Å²) in [5.41, 5.74) is 9.67. The van der Waals surface area contributed by atoms with Crippen LogP contribution in [-0.4, -0.2) is 4.57 Å². The van der Waals surface area contributed by atoms with Crippen LogP contribution in [-0.2, 0) is 13.5 Å². The van der Waals surface area contributed by atoms with Crippen LogP contribution in [0.1, 0.15) is 25.0 Å². The third kappa shape index (κ3) is 2.17. The number of hydrogen-bond acceptors (Lipinski definition) is 0. The molecule has 0 aliphatic heterocycles. The Labute approximate surface area is 154 Å². The van der Waals surface area contributed by atoms with Crippen molar-refractivity contribution in [3.8, 4) is 11.1 Å². The molecule has 1 heterocycles. The highest BCUT2D eigenvalue weighted by molar-refractivity contribution is 6.09. The smallest absolute Gasteiger partial charge is 0.0489 e. The molecule has 0 radical (unpaired) electrons. The number of para-hydroxylation sites is 1. The van der Waals surface area contributed by atoms with Crippen molar-refractivity contribution in [3.63, 3.8) is 0 Å². The summed E-state index contributed by atoms with van der Waals surface area (Å²) < 4.78 is 2.29. The first-order chi connectivity index (χ1) is 12.6. The fourth-order valence-electron chi connectivity index (χ4n) is 4.35. The van der Waals surface area contributed by atoms with Crippen molar-refractivity contribution in [2.24, 2.45) is 13.0 Å². The number of nitrogens with zero attached hydrogens (tertiary/aromatic N) is 1. The molecular formula is C25H23N. The van der Waals surface area contributed by atoms with Gasteiger partial charge in [-0.15, -0.1) is 0 Å². The van der Waals surface area contributed by atoms with Crippen LogP contribution < -0.4 is 0 Å². The van der Waals surface area contributed by atoms with Crippen LogP contribution >= 0.6 is 0 Å². The van der Waals surface area contributed by atoms with Gasteiger partial charge in [0.2, 0.25) is 0 Å². The minimum atomic E-state index is 0.607. The fraction of sp³-hybridized carbons (Fsp3) is 0.200. The maximum atomic E-state index is 2.42. The first-order valence-corrected chi connectivity index (χ1v) is 9.43. The molecule has 0 saturated heterocycles. The zero-order valence-corrected chi connectivity index (χ0v) is 15.6. The summed E-state index contributed by atoms with van der Waals surface area (Å²) in [6, 6.07) is 22.3. The van der Waals surface area contributed by atoms with Gasteiger partial charge in [-0.2, -0.15) is 0 Å². The highest BCUT2D eigenvalue weighted by atomic mass is 14.9. The minimum Gasteiger partial charge on any atom is -0.344 e. The maximum absolute atomic E-state index is 2.42. The van der Waals surface area contributed by atoms with Crippen LogP contribution in [0, 0.1) is 5.92 Å². The molecule has 1 nitrogen and oxygen atoms in total. The molecule has 0 bridgehead atoms. The highest BCUT2D eigenvalue weighted by Crippen LogP contribution is 2.38. The highest BCUT2D eigenvalue weighted by Gasteiger charge is 2.19. The molecule has 1 aromatic heterocycles. The first-order valence-electron chi connectivity index (χ1n) is 9.43. The van der Waals surface area contributed by atoms with E-state index in [0.29, 0.717) is 5.92 Å². The zero-order valence-electron chi connectivity index (χ0n) is 15.6. The van der Waals surface area contributed by atoms with Gasteiger partial charge in [-0.3, -0.25) is 0 Å². The SMILES string of the molecule is CC(C)C1=Cc2c(cccc2-c2ccc3c(c2)c2ccccc2n3C)C1. The molecule has 3 aromatic carbocycles. The minimum absolute atomic E-state index is 0.607. The molecule has 0 spiro atoms. The van der Waals surface area contributed by atoms with Gasteiger partial charge in [0, 0.05) is 28.9 Å². The second kappa shape index (κ2) is 5.60. The van der Waals surface area contributed by atoms with Crippen molar-refractivity contribution in [3.05, 3.63) is 77.4 Å². The third-order valence-electron chi connectivity index (χ3n) is 5.89. The van der Waals surface area contributed by atoms with Crippen LogP contribution in [0.2, 0.25) is 0 Å². The first kappa shape index (κ1) is 15.5. The molecule has 4 aromatic rings. The standard InChI is InChI=1S/C25H23N/c1-16(2)19-13-17-7-6-9-20(22(17)15-19)18-11-12-25-23(14-18)21-8-4-5-10-24(21)26(25)3/h4-12,14-16H,13H2,1-3H3. The molecule has 0 N–H and O–H groups in total. The number of rotatable bonds is 2. The number of hydrogen-bond donors (Lipinski definition) is 0. The van der Waals surface area contributed by atoms with E-state index in [-0.39, 0.29) is 0 Å². The predicted octanol–water partition coefficient (Wildman–Crippen LogP) is 6.59. The molecular weight excluding hydrogens is 314 g/mol. The lowest BCUT2D eigenvalue weighted by molar-refractivity contribution is 0.754. The van der Waals surface area contributed by atoms with Crippen LogP contribution in [0.15, 0.2) is 66.2 Å². The molecule has 5 rings (SSSR count). The van der Waals surface area contributed by atoms with E-state index in [1.54, 1.807) is 5.57 Å². The molecule has 1 heteroatoms. The Hall–Kier alpha value is -2.80. The molecule has 0 amide bonds. The summed E-state index contributed by atoms with van der Waals surface area (Å²) in [5.74, 6) is 0.607. The van der Waals surface area contributed by atoms with Gasteiger partial charge in [0.05, 0.1) is 0 Å². The molecule has 1 aliphatic carbocycles. The Balaban J connectivity index is 1.75. The van der Waals surface area contributed by atoms with E-state index in [9.17, 15) is 0 Å². The zero-order chi connectivity index (χ0) is 17.8. The largest absolute Gasteiger partial charge is 0.344 e. The average molecular weight is 337 g/mol. The van der Waals surface area contributed by atoms with E-state index >= 15 is 0 Å². The molecule has 26 heavy (non-hydrogen) atoms. The molecule has 0 atom stereocenters. The predicted molar refractivity (Wildman–Crippen MR) is 112 cm³/mol. The Bertz CT molecular complexity index is 1190. The Morgan fingerprint density at radius 2 is 1.65 bits per heavy atom. The fourth-order valence-corrected chi connectivity index (χ4v) is 4.35. The summed E-state index contributed by atoms with van der Waals surface area (Å²) in [7, 11) is 2.15. The summed E-state index contributed by atoms with van der Waals surface area (Å²) in [5, 5.41) is 2.67. The van der Waals surface area contributed by atoms with Gasteiger partial charge in [0.1, 0.15) is 0 Å². The summed E-state index contributed by atoms with van der Waals surface area (Å²) >= 11 is 0. The lowest BCUT2D eigenvalue weighted by Gasteiger charge is -2.08. The van der Waals surface area contributed by atoms with E-state index in [1.807, 2.05) is 0 Å². The van der Waals surface area contributed by atoms with Gasteiger partial charge in [0.25, 0.3) is 0 Å². The average Bonchev–Trinajstić information content (AvgIpc) is 3.22. The van der Waals surface area contributed by atoms with Gasteiger partial charge in [-0.05, 0) is 52.8 Å². The summed E-state index contributed by atoms with van der Waals surface area (Å²) in [6.45, 7) is 4.58. The van der Waals surface area contributed by atoms with E-state index in [4.69, 9.17) is 0 Å². The van der Waals surface area contributed by atoms with E-state index < -0.39 is 0 Å². The molecule has 128 valence electrons. The lowest BCUT2D eigenvalue weighted by Crippen LogP contribution is -1.93. The van der Waals surface area contributed by atoms with E-state index in [2.05, 4.69) is 92.2 Å². The topological polar surface area (TPSA) is 4.93 Å². The van der Waals surface area contributed by atoms with Gasteiger partial charge in [-0.25, -0.2) is 0 Å². The normalized spacial score (nSPS) is 13.6. The third-order valence-corrected chi connectivity index (χ3v) is 5.89. The van der Waals surface area contributed by atoms with Crippen molar-refractivity contribution in [1.29, 1.82) is 0 Å². The maximum Gasteiger partial charge on any atom is 0.0489 e. The van der Waals surface area contributed by atoms with Crippen LogP contribution in [0.4, 0.5) is 0 Å². The van der Waals surface area contributed by atoms with Crippen molar-refractivity contribution in [2.75, 3.05) is 0 Å². The lowest BCUT2D eigenvalue weighted by atomic mass is 9.96. The van der Waals surface area contributed by atoms with Crippen molar-refractivity contribution in [2.45, 2.75) is 20.3 Å². The van der Waals surface area contributed by atoms with Gasteiger partial charge in [-0.1, -0.05) is 68.0 Å².